The quantitative estimate of drug-likeness (QED) is 0.388. The summed E-state index contributed by atoms with van der Waals surface area (Å²) in [6.45, 7) is 1.34. The average Bonchev–Trinajstić information content (AvgIpc) is 2.84. The Labute approximate surface area is 159 Å². The summed E-state index contributed by atoms with van der Waals surface area (Å²) in [7, 11) is -4.73. The lowest BCUT2D eigenvalue weighted by Gasteiger charge is -2.23. The molecule has 2 aromatic heterocycles. The van der Waals surface area contributed by atoms with Crippen molar-refractivity contribution in [2.45, 2.75) is 31.9 Å². The first-order chi connectivity index (χ1) is 12.7. The van der Waals surface area contributed by atoms with Crippen LogP contribution in [0.15, 0.2) is 6.33 Å². The number of nitrogens with zero attached hydrogens (tertiary/aromatic N) is 4. The van der Waals surface area contributed by atoms with Gasteiger partial charge in [0.15, 0.2) is 10.8 Å². The molecule has 2 heterocycles. The first-order valence-corrected chi connectivity index (χ1v) is 10.3. The summed E-state index contributed by atoms with van der Waals surface area (Å²) in [4.78, 5) is 11.6. The van der Waals surface area contributed by atoms with E-state index in [9.17, 15) is 30.9 Å². The van der Waals surface area contributed by atoms with Crippen molar-refractivity contribution in [3.05, 3.63) is 11.5 Å². The minimum absolute atomic E-state index is 0.0188. The highest BCUT2D eigenvalue weighted by molar-refractivity contribution is 7.63. The highest BCUT2D eigenvalue weighted by atomic mass is 35.5. The van der Waals surface area contributed by atoms with Crippen molar-refractivity contribution < 1.29 is 35.6 Å². The van der Waals surface area contributed by atoms with E-state index < -0.39 is 44.3 Å². The van der Waals surface area contributed by atoms with Crippen LogP contribution in [-0.2, 0) is 15.8 Å². The summed E-state index contributed by atoms with van der Waals surface area (Å²) < 4.78 is 94.0. The van der Waals surface area contributed by atoms with Crippen LogP contribution in [0.1, 0.15) is 6.92 Å². The number of imidazole rings is 1. The molecule has 0 aliphatic carbocycles. The third kappa shape index (κ3) is 6.49. The first kappa shape index (κ1) is 22.7. The van der Waals surface area contributed by atoms with Gasteiger partial charge in [-0.15, -0.1) is 0 Å². The third-order valence-electron chi connectivity index (χ3n) is 3.42. The van der Waals surface area contributed by atoms with Crippen molar-refractivity contribution in [3.63, 3.8) is 0 Å². The molecule has 0 aromatic carbocycles. The van der Waals surface area contributed by atoms with Gasteiger partial charge in [0.05, 0.1) is 31.3 Å². The van der Waals surface area contributed by atoms with Crippen molar-refractivity contribution in [1.29, 1.82) is 0 Å². The fourth-order valence-electron chi connectivity index (χ4n) is 2.45. The van der Waals surface area contributed by atoms with E-state index in [4.69, 9.17) is 22.1 Å². The minimum Gasteiger partial charge on any atom is -0.369 e. The Kier molecular flexibility index (Phi) is 6.51. The van der Waals surface area contributed by atoms with Gasteiger partial charge in [-0.3, -0.25) is 0 Å². The summed E-state index contributed by atoms with van der Waals surface area (Å²) in [5.41, 5.74) is 5.91. The number of rotatable bonds is 7. The molecular formula is C13H15ClF6N5O2P. The van der Waals surface area contributed by atoms with E-state index in [1.54, 1.807) is 0 Å². The lowest BCUT2D eigenvalue weighted by atomic mass is 10.4. The van der Waals surface area contributed by atoms with E-state index in [0.29, 0.717) is 0 Å². The summed E-state index contributed by atoms with van der Waals surface area (Å²) in [6.07, 6.45) is -14.9. The lowest BCUT2D eigenvalue weighted by molar-refractivity contribution is -0.113. The van der Waals surface area contributed by atoms with E-state index in [1.807, 2.05) is 0 Å². The second-order valence-corrected chi connectivity index (χ2v) is 9.52. The maximum absolute atomic E-state index is 12.6. The molecule has 1 unspecified atom stereocenters. The molecule has 28 heavy (non-hydrogen) atoms. The van der Waals surface area contributed by atoms with Gasteiger partial charge in [-0.2, -0.15) is 36.3 Å². The highest BCUT2D eigenvalue weighted by Crippen LogP contribution is 2.53. The number of ether oxygens (including phenoxy) is 1. The van der Waals surface area contributed by atoms with E-state index >= 15 is 0 Å². The monoisotopic (exact) mass is 453 g/mol. The Morgan fingerprint density at radius 1 is 1.21 bits per heavy atom. The molecule has 1 atom stereocenters. The first-order valence-electron chi connectivity index (χ1n) is 7.63. The Morgan fingerprint density at radius 2 is 1.79 bits per heavy atom. The van der Waals surface area contributed by atoms with Gasteiger partial charge in [-0.25, -0.2) is 4.98 Å². The van der Waals surface area contributed by atoms with Crippen LogP contribution < -0.4 is 5.73 Å². The van der Waals surface area contributed by atoms with Crippen LogP contribution in [0.2, 0.25) is 5.15 Å². The van der Waals surface area contributed by atoms with Gasteiger partial charge in [-0.1, -0.05) is 11.6 Å². The Bertz CT molecular complexity index is 867. The molecule has 0 spiro atoms. The fourth-order valence-corrected chi connectivity index (χ4v) is 4.80. The Hall–Kier alpha value is -1.59. The van der Waals surface area contributed by atoms with Crippen LogP contribution in [0, 0.1) is 0 Å². The Morgan fingerprint density at radius 3 is 2.32 bits per heavy atom. The van der Waals surface area contributed by atoms with Crippen LogP contribution in [-0.4, -0.2) is 56.6 Å². The van der Waals surface area contributed by atoms with Crippen molar-refractivity contribution in [2.75, 3.05) is 24.4 Å². The van der Waals surface area contributed by atoms with Gasteiger partial charge in [0, 0.05) is 0 Å². The predicted octanol–water partition coefficient (Wildman–Crippen LogP) is 3.91. The van der Waals surface area contributed by atoms with Crippen molar-refractivity contribution in [1.82, 2.24) is 19.5 Å². The van der Waals surface area contributed by atoms with E-state index in [2.05, 4.69) is 15.0 Å². The van der Waals surface area contributed by atoms with Crippen molar-refractivity contribution in [2.24, 2.45) is 0 Å². The zero-order chi connectivity index (χ0) is 21.3. The van der Waals surface area contributed by atoms with Crippen LogP contribution in [0.4, 0.5) is 32.3 Å². The number of hydrogen-bond donors (Lipinski definition) is 1. The fraction of sp³-hybridized carbons (Fsp3) is 0.615. The van der Waals surface area contributed by atoms with E-state index in [1.165, 1.54) is 17.8 Å². The molecule has 0 aliphatic heterocycles. The number of nitrogen functional groups attached to an aromatic ring is 1. The molecular weight excluding hydrogens is 439 g/mol. The number of anilines is 1. The molecule has 0 aliphatic rings. The molecule has 0 bridgehead atoms. The maximum Gasteiger partial charge on any atom is 0.395 e. The number of fused-ring (bicyclic) bond motifs is 1. The molecule has 2 N–H and O–H groups in total. The van der Waals surface area contributed by atoms with Crippen LogP contribution in [0.5, 0.6) is 0 Å². The maximum atomic E-state index is 12.6. The Balaban J connectivity index is 2.11. The highest BCUT2D eigenvalue weighted by Gasteiger charge is 2.46. The number of aromatic nitrogens is 4. The molecule has 0 fully saturated rings. The standard InChI is InChI=1S/C13H15ClF6N5O2P/c1-7(2-25-5-22-8-9(14)23-11(21)24-10(8)25)27-6-28(26,3-12(15,16)17)4-13(18,19)20/h5,7H,2-4,6H2,1H3,(H2,21,23,24). The second kappa shape index (κ2) is 8.03. The SMILES string of the molecule is CC(Cn1cnc2c(Cl)nc(N)nc21)OCP(=O)(CC(F)(F)F)CC(F)(F)F. The summed E-state index contributed by atoms with van der Waals surface area (Å²) in [5.74, 6) is -0.146. The summed E-state index contributed by atoms with van der Waals surface area (Å²) in [5, 5.41) is -0.0188. The summed E-state index contributed by atoms with van der Waals surface area (Å²) >= 11 is 5.87. The minimum atomic E-state index is -5.01. The normalized spacial score (nSPS) is 14.6. The van der Waals surface area contributed by atoms with Crippen molar-refractivity contribution >= 4 is 35.9 Å². The molecule has 0 radical (unpaired) electrons. The van der Waals surface area contributed by atoms with Gasteiger partial charge >= 0.3 is 12.4 Å². The van der Waals surface area contributed by atoms with Gasteiger partial charge in [0.1, 0.15) is 19.0 Å². The number of halogens is 7. The van der Waals surface area contributed by atoms with Crippen molar-refractivity contribution in [3.8, 4) is 0 Å². The second-order valence-electron chi connectivity index (χ2n) is 6.15. The van der Waals surface area contributed by atoms with Crippen LogP contribution >= 0.6 is 18.7 Å². The molecule has 158 valence electrons. The third-order valence-corrected chi connectivity index (χ3v) is 6.17. The van der Waals surface area contributed by atoms with Gasteiger partial charge in [-0.05, 0) is 6.92 Å². The summed E-state index contributed by atoms with van der Waals surface area (Å²) in [6, 6.07) is 0. The average molecular weight is 454 g/mol. The predicted molar refractivity (Wildman–Crippen MR) is 89.6 cm³/mol. The molecule has 2 rings (SSSR count). The van der Waals surface area contributed by atoms with Gasteiger partial charge in [0.25, 0.3) is 0 Å². The molecule has 7 nitrogen and oxygen atoms in total. The zero-order valence-electron chi connectivity index (χ0n) is 14.3. The molecule has 15 heteroatoms. The smallest absolute Gasteiger partial charge is 0.369 e. The van der Waals surface area contributed by atoms with Gasteiger partial charge < -0.3 is 19.6 Å². The number of hydrogen-bond acceptors (Lipinski definition) is 6. The zero-order valence-corrected chi connectivity index (χ0v) is 15.9. The van der Waals surface area contributed by atoms with Crippen LogP contribution in [0.3, 0.4) is 0 Å². The van der Waals surface area contributed by atoms with Crippen LogP contribution in [0.25, 0.3) is 11.2 Å². The van der Waals surface area contributed by atoms with E-state index in [0.717, 1.165) is 0 Å². The molecule has 0 amide bonds. The lowest BCUT2D eigenvalue weighted by Crippen LogP contribution is -2.26. The van der Waals surface area contributed by atoms with Gasteiger partial charge in [0.2, 0.25) is 5.95 Å². The molecule has 2 aromatic rings. The number of alkyl halides is 6. The largest absolute Gasteiger partial charge is 0.395 e. The molecule has 0 saturated carbocycles. The van der Waals surface area contributed by atoms with E-state index in [-0.39, 0.29) is 28.8 Å². The number of nitrogens with two attached hydrogens (primary N) is 1. The topological polar surface area (TPSA) is 95.9 Å². The molecule has 0 saturated heterocycles.